The first-order chi connectivity index (χ1) is 7.31. The molecule has 0 bridgehead atoms. The first-order valence-corrected chi connectivity index (χ1v) is 6.32. The molecule has 0 amide bonds. The van der Waals surface area contributed by atoms with Gasteiger partial charge in [0.05, 0.1) is 13.2 Å². The van der Waals surface area contributed by atoms with Crippen LogP contribution in [0.4, 0.5) is 0 Å². The maximum atomic E-state index is 5.58. The average molecular weight is 212 g/mol. The molecule has 15 heavy (non-hydrogen) atoms. The highest BCUT2D eigenvalue weighted by molar-refractivity contribution is 4.88. The molecule has 2 fully saturated rings. The first kappa shape index (κ1) is 11.4. The molecular weight excluding hydrogens is 188 g/mol. The van der Waals surface area contributed by atoms with Crippen molar-refractivity contribution in [3.8, 4) is 0 Å². The zero-order valence-electron chi connectivity index (χ0n) is 10.0. The summed E-state index contributed by atoms with van der Waals surface area (Å²) in [5.74, 6) is 0.696. The van der Waals surface area contributed by atoms with Crippen LogP contribution in [-0.4, -0.2) is 50.3 Å². The molecule has 1 heterocycles. The number of nitrogens with zero attached hydrogens (tertiary/aromatic N) is 1. The van der Waals surface area contributed by atoms with Crippen molar-refractivity contribution < 1.29 is 4.74 Å². The van der Waals surface area contributed by atoms with E-state index in [0.717, 1.165) is 25.8 Å². The van der Waals surface area contributed by atoms with Crippen LogP contribution >= 0.6 is 0 Å². The van der Waals surface area contributed by atoms with E-state index in [2.05, 4.69) is 24.2 Å². The fourth-order valence-electron chi connectivity index (χ4n) is 2.37. The van der Waals surface area contributed by atoms with Gasteiger partial charge in [0.25, 0.3) is 0 Å². The van der Waals surface area contributed by atoms with Crippen LogP contribution in [0.2, 0.25) is 0 Å². The van der Waals surface area contributed by atoms with E-state index in [9.17, 15) is 0 Å². The minimum absolute atomic E-state index is 0.589. The molecule has 0 aromatic heterocycles. The Labute approximate surface area is 93.2 Å². The summed E-state index contributed by atoms with van der Waals surface area (Å²) >= 11 is 0. The number of hydrogen-bond acceptors (Lipinski definition) is 3. The molecule has 1 saturated heterocycles. The fraction of sp³-hybridized carbons (Fsp3) is 1.00. The summed E-state index contributed by atoms with van der Waals surface area (Å²) in [6.45, 7) is 6.39. The summed E-state index contributed by atoms with van der Waals surface area (Å²) in [5.41, 5.74) is 0. The van der Waals surface area contributed by atoms with Gasteiger partial charge in [-0.1, -0.05) is 6.92 Å². The van der Waals surface area contributed by atoms with Gasteiger partial charge in [-0.05, 0) is 32.9 Å². The fourth-order valence-corrected chi connectivity index (χ4v) is 2.37. The summed E-state index contributed by atoms with van der Waals surface area (Å²) in [6.07, 6.45) is 4.01. The van der Waals surface area contributed by atoms with E-state index in [1.807, 2.05) is 0 Å². The molecule has 3 nitrogen and oxygen atoms in total. The smallest absolute Gasteiger partial charge is 0.0623 e. The van der Waals surface area contributed by atoms with Gasteiger partial charge in [0, 0.05) is 24.5 Å². The summed E-state index contributed by atoms with van der Waals surface area (Å²) in [7, 11) is 2.26. The predicted molar refractivity (Wildman–Crippen MR) is 62.0 cm³/mol. The predicted octanol–water partition coefficient (Wildman–Crippen LogP) is 1.10. The Hall–Kier alpha value is -0.120. The lowest BCUT2D eigenvalue weighted by molar-refractivity contribution is 0.172. The second-order valence-corrected chi connectivity index (χ2v) is 5.03. The van der Waals surface area contributed by atoms with Crippen molar-refractivity contribution in [3.05, 3.63) is 0 Å². The number of ether oxygens (including phenoxy) is 1. The molecule has 0 spiro atoms. The normalized spacial score (nSPS) is 31.4. The van der Waals surface area contributed by atoms with Crippen LogP contribution in [-0.2, 0) is 4.74 Å². The Kier molecular flexibility index (Phi) is 4.00. The number of hydrogen-bond donors (Lipinski definition) is 1. The van der Waals surface area contributed by atoms with Crippen molar-refractivity contribution >= 4 is 0 Å². The molecule has 1 aliphatic heterocycles. The van der Waals surface area contributed by atoms with Crippen molar-refractivity contribution in [2.45, 2.75) is 38.3 Å². The summed E-state index contributed by atoms with van der Waals surface area (Å²) in [6, 6.07) is 1.46. The van der Waals surface area contributed by atoms with Gasteiger partial charge in [-0.3, -0.25) is 0 Å². The molecule has 1 aliphatic carbocycles. The highest BCUT2D eigenvalue weighted by atomic mass is 16.5. The van der Waals surface area contributed by atoms with E-state index < -0.39 is 0 Å². The van der Waals surface area contributed by atoms with Crippen molar-refractivity contribution in [3.63, 3.8) is 0 Å². The van der Waals surface area contributed by atoms with Crippen LogP contribution in [0.15, 0.2) is 0 Å². The monoisotopic (exact) mass is 212 g/mol. The van der Waals surface area contributed by atoms with Crippen molar-refractivity contribution in [1.82, 2.24) is 10.2 Å². The lowest BCUT2D eigenvalue weighted by Crippen LogP contribution is -2.41. The number of nitrogens with one attached hydrogen (secondary N) is 1. The van der Waals surface area contributed by atoms with Gasteiger partial charge in [0.15, 0.2) is 0 Å². The molecule has 0 radical (unpaired) electrons. The molecule has 2 aliphatic rings. The molecule has 1 saturated carbocycles. The summed E-state index contributed by atoms with van der Waals surface area (Å²) in [5, 5.41) is 3.59. The van der Waals surface area contributed by atoms with Gasteiger partial charge < -0.3 is 15.0 Å². The Morgan fingerprint density at radius 1 is 1.33 bits per heavy atom. The molecule has 3 heteroatoms. The van der Waals surface area contributed by atoms with Gasteiger partial charge in [0.2, 0.25) is 0 Å². The molecule has 2 rings (SSSR count). The zero-order chi connectivity index (χ0) is 10.7. The van der Waals surface area contributed by atoms with Crippen LogP contribution in [0.3, 0.4) is 0 Å². The topological polar surface area (TPSA) is 24.5 Å². The molecular formula is C12H24N2O. The molecule has 2 atom stereocenters. The molecule has 1 N–H and O–H groups in total. The van der Waals surface area contributed by atoms with Gasteiger partial charge in [0.1, 0.15) is 0 Å². The van der Waals surface area contributed by atoms with Crippen LogP contribution in [0.1, 0.15) is 26.2 Å². The van der Waals surface area contributed by atoms with Crippen molar-refractivity contribution in [2.24, 2.45) is 5.92 Å². The Morgan fingerprint density at radius 3 is 2.80 bits per heavy atom. The standard InChI is InChI=1S/C12H24N2O/c1-3-6-13-12-9-15-8-10(12)7-14(2)11-4-5-11/h10-13H,3-9H2,1-2H3. The SMILES string of the molecule is CCCNC1COCC1CN(C)C1CC1. The van der Waals surface area contributed by atoms with Crippen LogP contribution in [0.5, 0.6) is 0 Å². The third kappa shape index (κ3) is 3.16. The average Bonchev–Trinajstić information content (AvgIpc) is 2.99. The second-order valence-electron chi connectivity index (χ2n) is 5.03. The van der Waals surface area contributed by atoms with Crippen LogP contribution in [0.25, 0.3) is 0 Å². The second kappa shape index (κ2) is 5.28. The minimum Gasteiger partial charge on any atom is -0.379 e. The lowest BCUT2D eigenvalue weighted by Gasteiger charge is -2.24. The third-order valence-corrected chi connectivity index (χ3v) is 3.55. The number of rotatable bonds is 6. The summed E-state index contributed by atoms with van der Waals surface area (Å²) < 4.78 is 5.58. The van der Waals surface area contributed by atoms with E-state index in [1.54, 1.807) is 0 Å². The first-order valence-electron chi connectivity index (χ1n) is 6.32. The van der Waals surface area contributed by atoms with E-state index in [1.165, 1.54) is 25.8 Å². The van der Waals surface area contributed by atoms with E-state index in [0.29, 0.717) is 12.0 Å². The maximum Gasteiger partial charge on any atom is 0.0623 e. The maximum absolute atomic E-state index is 5.58. The van der Waals surface area contributed by atoms with E-state index in [4.69, 9.17) is 4.74 Å². The molecule has 0 aromatic carbocycles. The van der Waals surface area contributed by atoms with Gasteiger partial charge in [-0.25, -0.2) is 0 Å². The molecule has 2 unspecified atom stereocenters. The van der Waals surface area contributed by atoms with Gasteiger partial charge in [-0.2, -0.15) is 0 Å². The summed E-state index contributed by atoms with van der Waals surface area (Å²) in [4.78, 5) is 2.51. The third-order valence-electron chi connectivity index (χ3n) is 3.55. The van der Waals surface area contributed by atoms with Crippen LogP contribution < -0.4 is 5.32 Å². The molecule has 0 aromatic rings. The van der Waals surface area contributed by atoms with Gasteiger partial charge in [-0.15, -0.1) is 0 Å². The van der Waals surface area contributed by atoms with E-state index in [-0.39, 0.29) is 0 Å². The van der Waals surface area contributed by atoms with E-state index >= 15 is 0 Å². The highest BCUT2D eigenvalue weighted by Gasteiger charge is 2.33. The Bertz CT molecular complexity index is 194. The largest absolute Gasteiger partial charge is 0.379 e. The van der Waals surface area contributed by atoms with Crippen molar-refractivity contribution in [1.29, 1.82) is 0 Å². The molecule has 88 valence electrons. The zero-order valence-corrected chi connectivity index (χ0v) is 10.0. The van der Waals surface area contributed by atoms with Gasteiger partial charge >= 0.3 is 0 Å². The minimum atomic E-state index is 0.589. The Morgan fingerprint density at radius 2 is 2.13 bits per heavy atom. The quantitative estimate of drug-likeness (QED) is 0.713. The van der Waals surface area contributed by atoms with Crippen molar-refractivity contribution in [2.75, 3.05) is 33.4 Å². The lowest BCUT2D eigenvalue weighted by atomic mass is 10.0. The van der Waals surface area contributed by atoms with Crippen LogP contribution in [0, 0.1) is 5.92 Å². The Balaban J connectivity index is 1.73. The highest BCUT2D eigenvalue weighted by Crippen LogP contribution is 2.27.